The van der Waals surface area contributed by atoms with Crippen LogP contribution in [0.4, 0.5) is 5.13 Å². The maximum atomic E-state index is 11.8. The van der Waals surface area contributed by atoms with E-state index in [1.54, 1.807) is 13.0 Å². The van der Waals surface area contributed by atoms with Crippen molar-refractivity contribution in [2.75, 3.05) is 5.32 Å². The van der Waals surface area contributed by atoms with Gasteiger partial charge in [0.1, 0.15) is 16.5 Å². The predicted molar refractivity (Wildman–Crippen MR) is 79.7 cm³/mol. The molecule has 0 unspecified atom stereocenters. The van der Waals surface area contributed by atoms with Gasteiger partial charge in [-0.1, -0.05) is 18.3 Å². The SMILES string of the molecule is CCc1nnc(NC(=O)CCc2cc(C(C)=O)c(C)o2)s1. The summed E-state index contributed by atoms with van der Waals surface area (Å²) in [5.74, 6) is 1.05. The zero-order valence-corrected chi connectivity index (χ0v) is 13.0. The molecule has 0 aliphatic carbocycles. The van der Waals surface area contributed by atoms with Gasteiger partial charge in [0, 0.05) is 12.8 Å². The molecule has 0 fully saturated rings. The molecule has 0 aliphatic heterocycles. The Bertz CT molecular complexity index is 660. The minimum atomic E-state index is -0.146. The number of nitrogens with one attached hydrogen (secondary N) is 1. The summed E-state index contributed by atoms with van der Waals surface area (Å²) in [5.41, 5.74) is 0.571. The van der Waals surface area contributed by atoms with Crippen LogP contribution in [0, 0.1) is 6.92 Å². The molecule has 0 spiro atoms. The highest BCUT2D eigenvalue weighted by Gasteiger charge is 2.13. The number of rotatable bonds is 6. The number of aryl methyl sites for hydroxylation is 3. The van der Waals surface area contributed by atoms with Gasteiger partial charge in [0.05, 0.1) is 5.56 Å². The van der Waals surface area contributed by atoms with Crippen LogP contribution in [-0.4, -0.2) is 21.9 Å². The molecule has 1 N–H and O–H groups in total. The van der Waals surface area contributed by atoms with Crippen LogP contribution in [0.3, 0.4) is 0 Å². The second kappa shape index (κ2) is 6.62. The number of amides is 1. The maximum absolute atomic E-state index is 11.8. The summed E-state index contributed by atoms with van der Waals surface area (Å²) in [6.07, 6.45) is 1.51. The quantitative estimate of drug-likeness (QED) is 0.829. The molecule has 0 aliphatic rings. The van der Waals surface area contributed by atoms with E-state index in [4.69, 9.17) is 4.42 Å². The molecule has 0 saturated heterocycles. The van der Waals surface area contributed by atoms with E-state index < -0.39 is 0 Å². The van der Waals surface area contributed by atoms with Crippen molar-refractivity contribution in [1.29, 1.82) is 0 Å². The lowest BCUT2D eigenvalue weighted by Crippen LogP contribution is -2.11. The van der Waals surface area contributed by atoms with E-state index in [0.717, 1.165) is 11.4 Å². The molecule has 0 bridgehead atoms. The summed E-state index contributed by atoms with van der Waals surface area (Å²) in [4.78, 5) is 23.2. The maximum Gasteiger partial charge on any atom is 0.226 e. The lowest BCUT2D eigenvalue weighted by Gasteiger charge is -1.99. The Morgan fingerprint density at radius 1 is 1.38 bits per heavy atom. The van der Waals surface area contributed by atoms with Crippen molar-refractivity contribution in [2.24, 2.45) is 0 Å². The number of anilines is 1. The standard InChI is InChI=1S/C14H17N3O3S/c1-4-13-16-17-14(21-13)15-12(19)6-5-10-7-11(8(2)18)9(3)20-10/h7H,4-6H2,1-3H3,(H,15,17,19). The number of carbonyl (C=O) groups is 2. The first kappa shape index (κ1) is 15.4. The van der Waals surface area contributed by atoms with Crippen LogP contribution in [0.1, 0.15) is 47.2 Å². The van der Waals surface area contributed by atoms with Gasteiger partial charge in [-0.25, -0.2) is 0 Å². The van der Waals surface area contributed by atoms with Crippen molar-refractivity contribution >= 4 is 28.2 Å². The third kappa shape index (κ3) is 3.98. The first-order valence-corrected chi connectivity index (χ1v) is 7.53. The van der Waals surface area contributed by atoms with Gasteiger partial charge < -0.3 is 9.73 Å². The van der Waals surface area contributed by atoms with E-state index in [2.05, 4.69) is 15.5 Å². The molecule has 6 nitrogen and oxygen atoms in total. The molecule has 0 atom stereocenters. The fourth-order valence-corrected chi connectivity index (χ4v) is 2.58. The highest BCUT2D eigenvalue weighted by Crippen LogP contribution is 2.18. The normalized spacial score (nSPS) is 10.6. The van der Waals surface area contributed by atoms with Crippen LogP contribution in [0.15, 0.2) is 10.5 Å². The molecule has 2 rings (SSSR count). The van der Waals surface area contributed by atoms with Gasteiger partial charge in [0.25, 0.3) is 0 Å². The fraction of sp³-hybridized carbons (Fsp3) is 0.429. The summed E-state index contributed by atoms with van der Waals surface area (Å²) >= 11 is 1.37. The average Bonchev–Trinajstić information content (AvgIpc) is 3.03. The van der Waals surface area contributed by atoms with Gasteiger partial charge >= 0.3 is 0 Å². The Balaban J connectivity index is 1.89. The molecule has 2 aromatic heterocycles. The van der Waals surface area contributed by atoms with Gasteiger partial charge in [0.2, 0.25) is 11.0 Å². The van der Waals surface area contributed by atoms with E-state index in [1.165, 1.54) is 18.3 Å². The minimum Gasteiger partial charge on any atom is -0.466 e. The Kier molecular flexibility index (Phi) is 4.85. The number of hydrogen-bond acceptors (Lipinski definition) is 6. The number of Topliss-reactive ketones (excluding diaryl/α,β-unsaturated/α-hetero) is 1. The molecule has 2 aromatic rings. The van der Waals surface area contributed by atoms with Crippen molar-refractivity contribution in [1.82, 2.24) is 10.2 Å². The summed E-state index contributed by atoms with van der Waals surface area (Å²) in [6, 6.07) is 1.70. The number of nitrogens with zero attached hydrogens (tertiary/aromatic N) is 2. The monoisotopic (exact) mass is 307 g/mol. The second-order valence-electron chi connectivity index (χ2n) is 4.64. The molecular weight excluding hydrogens is 290 g/mol. The van der Waals surface area contributed by atoms with Crippen LogP contribution < -0.4 is 5.32 Å². The summed E-state index contributed by atoms with van der Waals surface area (Å²) < 4.78 is 5.47. The Morgan fingerprint density at radius 3 is 2.71 bits per heavy atom. The highest BCUT2D eigenvalue weighted by atomic mass is 32.1. The van der Waals surface area contributed by atoms with Crippen molar-refractivity contribution in [3.05, 3.63) is 28.2 Å². The first-order chi connectivity index (χ1) is 9.99. The minimum absolute atomic E-state index is 0.0343. The molecule has 1 amide bonds. The molecule has 0 aromatic carbocycles. The lowest BCUT2D eigenvalue weighted by atomic mass is 10.1. The molecular formula is C14H17N3O3S. The number of furan rings is 1. The molecule has 112 valence electrons. The zero-order valence-electron chi connectivity index (χ0n) is 12.2. The molecule has 0 radical (unpaired) electrons. The highest BCUT2D eigenvalue weighted by molar-refractivity contribution is 7.15. The molecule has 0 saturated carbocycles. The van der Waals surface area contributed by atoms with Crippen LogP contribution in [-0.2, 0) is 17.6 Å². The van der Waals surface area contributed by atoms with Crippen LogP contribution >= 0.6 is 11.3 Å². The van der Waals surface area contributed by atoms with Crippen molar-refractivity contribution in [3.8, 4) is 0 Å². The fourth-order valence-electron chi connectivity index (χ4n) is 1.88. The van der Waals surface area contributed by atoms with Gasteiger partial charge in [-0.2, -0.15) is 0 Å². The number of ketones is 1. The molecule has 7 heteroatoms. The van der Waals surface area contributed by atoms with E-state index in [9.17, 15) is 9.59 Å². The summed E-state index contributed by atoms with van der Waals surface area (Å²) in [7, 11) is 0. The Labute approximate surface area is 126 Å². The van der Waals surface area contributed by atoms with E-state index in [1.807, 2.05) is 6.92 Å². The van der Waals surface area contributed by atoms with E-state index in [-0.39, 0.29) is 18.1 Å². The number of carbonyl (C=O) groups excluding carboxylic acids is 2. The topological polar surface area (TPSA) is 85.1 Å². The van der Waals surface area contributed by atoms with Gasteiger partial charge in [0.15, 0.2) is 5.78 Å². The third-order valence-electron chi connectivity index (χ3n) is 2.96. The van der Waals surface area contributed by atoms with Gasteiger partial charge in [-0.3, -0.25) is 9.59 Å². The summed E-state index contributed by atoms with van der Waals surface area (Å²) in [5, 5.41) is 11.9. The van der Waals surface area contributed by atoms with Crippen molar-refractivity contribution in [3.63, 3.8) is 0 Å². The average molecular weight is 307 g/mol. The third-order valence-corrected chi connectivity index (χ3v) is 3.95. The number of hydrogen-bond donors (Lipinski definition) is 1. The van der Waals surface area contributed by atoms with Crippen LogP contribution in [0.2, 0.25) is 0 Å². The Hall–Kier alpha value is -2.02. The lowest BCUT2D eigenvalue weighted by molar-refractivity contribution is -0.116. The smallest absolute Gasteiger partial charge is 0.226 e. The van der Waals surface area contributed by atoms with Crippen LogP contribution in [0.5, 0.6) is 0 Å². The first-order valence-electron chi connectivity index (χ1n) is 6.72. The van der Waals surface area contributed by atoms with Gasteiger partial charge in [-0.15, -0.1) is 10.2 Å². The van der Waals surface area contributed by atoms with E-state index in [0.29, 0.717) is 28.6 Å². The molecule has 21 heavy (non-hydrogen) atoms. The largest absolute Gasteiger partial charge is 0.466 e. The van der Waals surface area contributed by atoms with Crippen molar-refractivity contribution in [2.45, 2.75) is 40.0 Å². The second-order valence-corrected chi connectivity index (χ2v) is 5.70. The van der Waals surface area contributed by atoms with E-state index >= 15 is 0 Å². The summed E-state index contributed by atoms with van der Waals surface area (Å²) in [6.45, 7) is 5.22. The van der Waals surface area contributed by atoms with Crippen LogP contribution in [0.25, 0.3) is 0 Å². The Morgan fingerprint density at radius 2 is 2.14 bits per heavy atom. The van der Waals surface area contributed by atoms with Gasteiger partial charge in [-0.05, 0) is 26.3 Å². The van der Waals surface area contributed by atoms with Crippen molar-refractivity contribution < 1.29 is 14.0 Å². The molecule has 2 heterocycles. The predicted octanol–water partition coefficient (Wildman–Crippen LogP) is 2.78. The zero-order chi connectivity index (χ0) is 15.4. The number of aromatic nitrogens is 2.